The third kappa shape index (κ3) is 4.74. The molecule has 17 heavy (non-hydrogen) atoms. The van der Waals surface area contributed by atoms with E-state index >= 15 is 0 Å². The second kappa shape index (κ2) is 7.80. The standard InChI is InChI=1S/C13H19BrFNO/c1-3-16-13(5-4-8-17-2)10-6-7-12(15)11(14)9-10/h6-7,9,13,16H,3-5,8H2,1-2H3. The van der Waals surface area contributed by atoms with Crippen molar-refractivity contribution in [1.82, 2.24) is 5.32 Å². The lowest BCUT2D eigenvalue weighted by Crippen LogP contribution is -2.21. The van der Waals surface area contributed by atoms with Crippen LogP contribution < -0.4 is 5.32 Å². The van der Waals surface area contributed by atoms with Crippen LogP contribution >= 0.6 is 15.9 Å². The van der Waals surface area contributed by atoms with Crippen LogP contribution in [0, 0.1) is 5.82 Å². The van der Waals surface area contributed by atoms with Crippen LogP contribution in [-0.2, 0) is 4.74 Å². The summed E-state index contributed by atoms with van der Waals surface area (Å²) in [6.45, 7) is 3.72. The van der Waals surface area contributed by atoms with Crippen molar-refractivity contribution in [1.29, 1.82) is 0 Å². The molecule has 96 valence electrons. The van der Waals surface area contributed by atoms with Crippen molar-refractivity contribution in [3.63, 3.8) is 0 Å². The smallest absolute Gasteiger partial charge is 0.137 e. The number of hydrogen-bond acceptors (Lipinski definition) is 2. The molecular formula is C13H19BrFNO. The van der Waals surface area contributed by atoms with Crippen LogP contribution in [0.4, 0.5) is 4.39 Å². The molecule has 1 unspecified atom stereocenters. The number of hydrogen-bond donors (Lipinski definition) is 1. The van der Waals surface area contributed by atoms with Gasteiger partial charge >= 0.3 is 0 Å². The number of rotatable bonds is 7. The summed E-state index contributed by atoms with van der Waals surface area (Å²) in [5.74, 6) is -0.221. The van der Waals surface area contributed by atoms with E-state index < -0.39 is 0 Å². The Morgan fingerprint density at radius 1 is 1.47 bits per heavy atom. The summed E-state index contributed by atoms with van der Waals surface area (Å²) >= 11 is 3.22. The fourth-order valence-electron chi connectivity index (χ4n) is 1.79. The molecular weight excluding hydrogens is 285 g/mol. The minimum atomic E-state index is -0.221. The van der Waals surface area contributed by atoms with Crippen molar-refractivity contribution >= 4 is 15.9 Å². The molecule has 1 rings (SSSR count). The van der Waals surface area contributed by atoms with Crippen molar-refractivity contribution in [3.8, 4) is 0 Å². The predicted octanol–water partition coefficient (Wildman–Crippen LogP) is 3.67. The molecule has 2 nitrogen and oxygen atoms in total. The lowest BCUT2D eigenvalue weighted by Gasteiger charge is -2.18. The molecule has 0 fully saturated rings. The van der Waals surface area contributed by atoms with E-state index in [-0.39, 0.29) is 11.9 Å². The number of methoxy groups -OCH3 is 1. The second-order valence-corrected chi connectivity index (χ2v) is 4.77. The molecule has 1 aromatic rings. The molecule has 0 aliphatic heterocycles. The van der Waals surface area contributed by atoms with Crippen LogP contribution in [0.25, 0.3) is 0 Å². The molecule has 0 aliphatic carbocycles. The van der Waals surface area contributed by atoms with Crippen molar-refractivity contribution in [2.45, 2.75) is 25.8 Å². The SMILES string of the molecule is CCNC(CCCOC)c1ccc(F)c(Br)c1. The maximum atomic E-state index is 13.2. The molecule has 0 heterocycles. The molecule has 0 spiro atoms. The second-order valence-electron chi connectivity index (χ2n) is 3.92. The molecule has 0 aliphatic rings. The Hall–Kier alpha value is -0.450. The molecule has 0 amide bonds. The van der Waals surface area contributed by atoms with Crippen LogP contribution in [0.15, 0.2) is 22.7 Å². The average molecular weight is 304 g/mol. The molecule has 0 bridgehead atoms. The van der Waals surface area contributed by atoms with Gasteiger partial charge in [-0.2, -0.15) is 0 Å². The van der Waals surface area contributed by atoms with E-state index in [1.807, 2.05) is 12.1 Å². The van der Waals surface area contributed by atoms with Gasteiger partial charge < -0.3 is 10.1 Å². The van der Waals surface area contributed by atoms with Crippen LogP contribution in [0.5, 0.6) is 0 Å². The summed E-state index contributed by atoms with van der Waals surface area (Å²) in [5.41, 5.74) is 1.11. The Labute approximate surface area is 111 Å². The van der Waals surface area contributed by atoms with Gasteiger partial charge in [0.15, 0.2) is 0 Å². The summed E-state index contributed by atoms with van der Waals surface area (Å²) in [6, 6.07) is 5.43. The summed E-state index contributed by atoms with van der Waals surface area (Å²) in [6.07, 6.45) is 1.98. The van der Waals surface area contributed by atoms with E-state index in [2.05, 4.69) is 28.2 Å². The highest BCUT2D eigenvalue weighted by Crippen LogP contribution is 2.24. The highest BCUT2D eigenvalue weighted by molar-refractivity contribution is 9.10. The third-order valence-electron chi connectivity index (χ3n) is 2.64. The fraction of sp³-hybridized carbons (Fsp3) is 0.538. The number of ether oxygens (including phenoxy) is 1. The first kappa shape index (κ1) is 14.6. The highest BCUT2D eigenvalue weighted by atomic mass is 79.9. The van der Waals surface area contributed by atoms with Gasteiger partial charge in [-0.1, -0.05) is 13.0 Å². The van der Waals surface area contributed by atoms with Gasteiger partial charge in [0, 0.05) is 19.8 Å². The Morgan fingerprint density at radius 2 is 2.24 bits per heavy atom. The lowest BCUT2D eigenvalue weighted by atomic mass is 10.0. The summed E-state index contributed by atoms with van der Waals surface area (Å²) in [4.78, 5) is 0. The molecule has 1 aromatic carbocycles. The van der Waals surface area contributed by atoms with E-state index in [1.165, 1.54) is 6.07 Å². The zero-order valence-corrected chi connectivity index (χ0v) is 11.9. The van der Waals surface area contributed by atoms with Crippen molar-refractivity contribution in [2.75, 3.05) is 20.3 Å². The lowest BCUT2D eigenvalue weighted by molar-refractivity contribution is 0.189. The molecule has 4 heteroatoms. The minimum Gasteiger partial charge on any atom is -0.385 e. The number of halogens is 2. The average Bonchev–Trinajstić information content (AvgIpc) is 2.32. The maximum Gasteiger partial charge on any atom is 0.137 e. The predicted molar refractivity (Wildman–Crippen MR) is 71.6 cm³/mol. The molecule has 0 aromatic heterocycles. The first-order valence-corrected chi connectivity index (χ1v) is 6.65. The quantitative estimate of drug-likeness (QED) is 0.776. The first-order chi connectivity index (χ1) is 8.19. The van der Waals surface area contributed by atoms with Gasteiger partial charge in [0.2, 0.25) is 0 Å². The van der Waals surface area contributed by atoms with E-state index in [0.717, 1.165) is 31.6 Å². The third-order valence-corrected chi connectivity index (χ3v) is 3.25. The largest absolute Gasteiger partial charge is 0.385 e. The Bertz CT molecular complexity index is 346. The minimum absolute atomic E-state index is 0.221. The molecule has 0 radical (unpaired) electrons. The Morgan fingerprint density at radius 3 is 2.82 bits per heavy atom. The van der Waals surface area contributed by atoms with E-state index in [9.17, 15) is 4.39 Å². The van der Waals surface area contributed by atoms with Crippen molar-refractivity contribution in [3.05, 3.63) is 34.1 Å². The summed E-state index contributed by atoms with van der Waals surface area (Å²) in [7, 11) is 1.71. The topological polar surface area (TPSA) is 21.3 Å². The van der Waals surface area contributed by atoms with Crippen molar-refractivity contribution in [2.24, 2.45) is 0 Å². The van der Waals surface area contributed by atoms with Gasteiger partial charge in [0.1, 0.15) is 5.82 Å². The number of benzene rings is 1. The summed E-state index contributed by atoms with van der Waals surface area (Å²) < 4.78 is 18.7. The van der Waals surface area contributed by atoms with Gasteiger partial charge in [-0.25, -0.2) is 4.39 Å². The van der Waals surface area contributed by atoms with Gasteiger partial charge in [-0.15, -0.1) is 0 Å². The van der Waals surface area contributed by atoms with Crippen LogP contribution in [0.2, 0.25) is 0 Å². The molecule has 0 saturated heterocycles. The van der Waals surface area contributed by atoms with Crippen LogP contribution in [-0.4, -0.2) is 20.3 Å². The van der Waals surface area contributed by atoms with E-state index in [0.29, 0.717) is 4.47 Å². The zero-order valence-electron chi connectivity index (χ0n) is 10.3. The normalized spacial score (nSPS) is 12.7. The van der Waals surface area contributed by atoms with Gasteiger partial charge in [-0.05, 0) is 53.0 Å². The van der Waals surface area contributed by atoms with Gasteiger partial charge in [0.05, 0.1) is 4.47 Å². The van der Waals surface area contributed by atoms with Crippen molar-refractivity contribution < 1.29 is 9.13 Å². The first-order valence-electron chi connectivity index (χ1n) is 5.86. The Balaban J connectivity index is 2.70. The number of nitrogens with one attached hydrogen (secondary N) is 1. The highest BCUT2D eigenvalue weighted by Gasteiger charge is 2.11. The van der Waals surface area contributed by atoms with Crippen LogP contribution in [0.1, 0.15) is 31.4 Å². The van der Waals surface area contributed by atoms with E-state index in [1.54, 1.807) is 7.11 Å². The monoisotopic (exact) mass is 303 g/mol. The van der Waals surface area contributed by atoms with Gasteiger partial charge in [-0.3, -0.25) is 0 Å². The maximum absolute atomic E-state index is 13.2. The van der Waals surface area contributed by atoms with Crippen LogP contribution in [0.3, 0.4) is 0 Å². The molecule has 1 atom stereocenters. The molecule has 0 saturated carbocycles. The fourth-order valence-corrected chi connectivity index (χ4v) is 2.19. The van der Waals surface area contributed by atoms with E-state index in [4.69, 9.17) is 4.74 Å². The van der Waals surface area contributed by atoms with Gasteiger partial charge in [0.25, 0.3) is 0 Å². The summed E-state index contributed by atoms with van der Waals surface area (Å²) in [5, 5.41) is 3.41. The molecule has 1 N–H and O–H groups in total. The zero-order chi connectivity index (χ0) is 12.7. The Kier molecular flexibility index (Phi) is 6.70.